The molecule has 0 radical (unpaired) electrons. The van der Waals surface area contributed by atoms with E-state index >= 15 is 0 Å². The molecule has 0 aliphatic heterocycles. The molecule has 0 aliphatic rings. The van der Waals surface area contributed by atoms with Crippen LogP contribution in [0.15, 0.2) is 91.0 Å². The lowest BCUT2D eigenvalue weighted by Gasteiger charge is -2.17. The molecule has 0 atom stereocenters. The van der Waals surface area contributed by atoms with Gasteiger partial charge in [0.2, 0.25) is 0 Å². The number of benzene rings is 6. The molecule has 0 N–H and O–H groups in total. The molecule has 0 heterocycles. The number of rotatable bonds is 1. The Labute approximate surface area is 186 Å². The average molecular weight is 428 g/mol. The third-order valence-corrected chi connectivity index (χ3v) is 8.53. The van der Waals surface area contributed by atoms with Gasteiger partial charge in [0.1, 0.15) is 7.14 Å². The second kappa shape index (κ2) is 6.09. The van der Waals surface area contributed by atoms with E-state index < -0.39 is 7.14 Å². The summed E-state index contributed by atoms with van der Waals surface area (Å²) >= 11 is 0. The van der Waals surface area contributed by atoms with Gasteiger partial charge in [-0.15, -0.1) is 0 Å². The quantitative estimate of drug-likeness (QED) is 0.190. The van der Waals surface area contributed by atoms with Crippen molar-refractivity contribution in [3.05, 3.63) is 91.0 Å². The molecular weight excluding hydrogens is 407 g/mol. The van der Waals surface area contributed by atoms with E-state index in [0.717, 1.165) is 10.7 Å². The minimum atomic E-state index is -2.43. The maximum Gasteiger partial charge on any atom is 0.109 e. The predicted octanol–water partition coefficient (Wildman–Crippen LogP) is 8.29. The van der Waals surface area contributed by atoms with E-state index in [-0.39, 0.29) is 0 Å². The number of hydrogen-bond acceptors (Lipinski definition) is 1. The number of fused-ring (bicyclic) bond motifs is 2. The van der Waals surface area contributed by atoms with Gasteiger partial charge in [0.25, 0.3) is 0 Å². The highest BCUT2D eigenvalue weighted by Gasteiger charge is 2.18. The van der Waals surface area contributed by atoms with Crippen molar-refractivity contribution >= 4 is 77.1 Å². The summed E-state index contributed by atoms with van der Waals surface area (Å²) in [5.74, 6) is 0. The van der Waals surface area contributed by atoms with Crippen LogP contribution in [-0.4, -0.2) is 13.3 Å². The van der Waals surface area contributed by atoms with Gasteiger partial charge in [0.05, 0.1) is 0 Å². The smallest absolute Gasteiger partial charge is 0.109 e. The van der Waals surface area contributed by atoms with E-state index in [4.69, 9.17) is 0 Å². The third-order valence-electron chi connectivity index (χ3n) is 7.03. The van der Waals surface area contributed by atoms with Crippen molar-refractivity contribution < 1.29 is 4.57 Å². The van der Waals surface area contributed by atoms with Crippen LogP contribution in [0.4, 0.5) is 0 Å². The van der Waals surface area contributed by atoms with E-state index in [2.05, 4.69) is 91.0 Å². The van der Waals surface area contributed by atoms with Crippen LogP contribution in [0.3, 0.4) is 0 Å². The Hall–Kier alpha value is -3.41. The van der Waals surface area contributed by atoms with Gasteiger partial charge in [-0.3, -0.25) is 0 Å². The SMILES string of the molecule is CP(C)(=O)c1cc2ccc3cccc4c5cccc6ccc7cccc(c(c1)c2c34)c7c65. The zero-order valence-corrected chi connectivity index (χ0v) is 18.9. The van der Waals surface area contributed by atoms with Gasteiger partial charge in [-0.1, -0.05) is 78.9 Å². The van der Waals surface area contributed by atoms with E-state index in [1.165, 1.54) is 59.2 Å². The van der Waals surface area contributed by atoms with Crippen molar-refractivity contribution in [1.82, 2.24) is 0 Å². The van der Waals surface area contributed by atoms with Crippen molar-refractivity contribution in [3.63, 3.8) is 0 Å². The topological polar surface area (TPSA) is 17.1 Å². The van der Waals surface area contributed by atoms with Crippen molar-refractivity contribution in [2.24, 2.45) is 0 Å². The first kappa shape index (κ1) is 18.2. The molecule has 7 aromatic rings. The predicted molar refractivity (Wildman–Crippen MR) is 142 cm³/mol. The van der Waals surface area contributed by atoms with Gasteiger partial charge < -0.3 is 4.57 Å². The van der Waals surface area contributed by atoms with Crippen LogP contribution in [0.5, 0.6) is 0 Å². The summed E-state index contributed by atoms with van der Waals surface area (Å²) in [6.45, 7) is 3.74. The van der Waals surface area contributed by atoms with E-state index in [9.17, 15) is 4.57 Å². The van der Waals surface area contributed by atoms with E-state index in [1.54, 1.807) is 0 Å². The Balaban J connectivity index is 1.98. The molecule has 0 bridgehead atoms. The van der Waals surface area contributed by atoms with Crippen molar-refractivity contribution in [2.45, 2.75) is 0 Å². The van der Waals surface area contributed by atoms with Gasteiger partial charge in [-0.05, 0) is 90.1 Å². The summed E-state index contributed by atoms with van der Waals surface area (Å²) in [6, 6.07) is 33.0. The molecule has 0 saturated carbocycles. The molecule has 0 unspecified atom stereocenters. The molecule has 152 valence electrons. The molecular formula is C30H21OP. The van der Waals surface area contributed by atoms with Crippen molar-refractivity contribution in [3.8, 4) is 0 Å². The molecule has 0 aromatic heterocycles. The first-order valence-electron chi connectivity index (χ1n) is 11.0. The maximum atomic E-state index is 13.2. The Morgan fingerprint density at radius 3 is 1.34 bits per heavy atom. The molecule has 1 nitrogen and oxygen atoms in total. The van der Waals surface area contributed by atoms with Gasteiger partial charge in [-0.25, -0.2) is 0 Å². The standard InChI is InChI=1S/C30H21OP/c1-32(2,31)22-16-21-15-14-20-7-4-10-24-23-9-3-6-18-12-13-19-8-5-11-25(29(19)27(18)23)26(17-22)30(21)28(20)24/h3-17H,1-2H3. The molecule has 7 rings (SSSR count). The van der Waals surface area contributed by atoms with Gasteiger partial charge in [0.15, 0.2) is 0 Å². The summed E-state index contributed by atoms with van der Waals surface area (Å²) in [5, 5.41) is 15.9. The molecule has 0 saturated heterocycles. The maximum absolute atomic E-state index is 13.2. The molecule has 0 aliphatic carbocycles. The van der Waals surface area contributed by atoms with E-state index in [0.29, 0.717) is 0 Å². The first-order valence-corrected chi connectivity index (χ1v) is 13.6. The summed E-state index contributed by atoms with van der Waals surface area (Å²) in [7, 11) is -2.43. The van der Waals surface area contributed by atoms with Crippen LogP contribution in [0.2, 0.25) is 0 Å². The highest BCUT2D eigenvalue weighted by molar-refractivity contribution is 7.70. The van der Waals surface area contributed by atoms with Crippen LogP contribution >= 0.6 is 7.14 Å². The van der Waals surface area contributed by atoms with Crippen LogP contribution in [-0.2, 0) is 4.57 Å². The van der Waals surface area contributed by atoms with Crippen molar-refractivity contribution in [2.75, 3.05) is 13.3 Å². The minimum absolute atomic E-state index is 0.940. The summed E-state index contributed by atoms with van der Waals surface area (Å²) < 4.78 is 13.2. The third kappa shape index (κ3) is 2.32. The lowest BCUT2D eigenvalue weighted by molar-refractivity contribution is 0.588. The Bertz CT molecular complexity index is 1920. The molecule has 0 fully saturated rings. The largest absolute Gasteiger partial charge is 0.319 e. The zero-order valence-electron chi connectivity index (χ0n) is 18.0. The van der Waals surface area contributed by atoms with Crippen molar-refractivity contribution in [1.29, 1.82) is 0 Å². The lowest BCUT2D eigenvalue weighted by Crippen LogP contribution is -2.03. The monoisotopic (exact) mass is 428 g/mol. The van der Waals surface area contributed by atoms with Gasteiger partial charge >= 0.3 is 0 Å². The molecule has 2 heteroatoms. The molecule has 7 aromatic carbocycles. The van der Waals surface area contributed by atoms with Crippen LogP contribution < -0.4 is 5.30 Å². The number of hydrogen-bond donors (Lipinski definition) is 0. The fourth-order valence-electron chi connectivity index (χ4n) is 5.58. The Morgan fingerprint density at radius 2 is 0.875 bits per heavy atom. The highest BCUT2D eigenvalue weighted by Crippen LogP contribution is 2.44. The second-order valence-corrected chi connectivity index (χ2v) is 12.5. The minimum Gasteiger partial charge on any atom is -0.319 e. The average Bonchev–Trinajstić information content (AvgIpc) is 2.80. The molecule has 32 heavy (non-hydrogen) atoms. The van der Waals surface area contributed by atoms with Crippen LogP contribution in [0.25, 0.3) is 64.6 Å². The fraction of sp³-hybridized carbons (Fsp3) is 0.0667. The van der Waals surface area contributed by atoms with Crippen LogP contribution in [0, 0.1) is 0 Å². The van der Waals surface area contributed by atoms with Gasteiger partial charge in [0, 0.05) is 5.30 Å². The zero-order chi connectivity index (χ0) is 21.6. The Kier molecular flexibility index (Phi) is 3.46. The summed E-state index contributed by atoms with van der Waals surface area (Å²) in [6.07, 6.45) is 0. The summed E-state index contributed by atoms with van der Waals surface area (Å²) in [4.78, 5) is 0. The molecule has 0 amide bonds. The summed E-state index contributed by atoms with van der Waals surface area (Å²) in [5.41, 5.74) is 0. The van der Waals surface area contributed by atoms with Crippen LogP contribution in [0.1, 0.15) is 0 Å². The Morgan fingerprint density at radius 1 is 0.469 bits per heavy atom. The fourth-order valence-corrected chi connectivity index (χ4v) is 6.47. The van der Waals surface area contributed by atoms with E-state index in [1.807, 2.05) is 13.3 Å². The highest BCUT2D eigenvalue weighted by atomic mass is 31.2. The normalized spacial score (nSPS) is 12.8. The van der Waals surface area contributed by atoms with Gasteiger partial charge in [-0.2, -0.15) is 0 Å². The first-order chi connectivity index (χ1) is 15.5. The second-order valence-electron chi connectivity index (χ2n) is 9.28. The molecule has 0 spiro atoms. The lowest BCUT2D eigenvalue weighted by atomic mass is 9.88.